The van der Waals surface area contributed by atoms with E-state index in [9.17, 15) is 4.79 Å². The van der Waals surface area contributed by atoms with E-state index in [1.54, 1.807) is 0 Å². The molecule has 3 aromatic rings. The van der Waals surface area contributed by atoms with Gasteiger partial charge in [-0.15, -0.1) is 0 Å². The van der Waals surface area contributed by atoms with E-state index in [4.69, 9.17) is 0 Å². The second-order valence-electron chi connectivity index (χ2n) is 8.08. The van der Waals surface area contributed by atoms with Crippen molar-refractivity contribution in [3.05, 3.63) is 70.0 Å². The monoisotopic (exact) mass is 359 g/mol. The van der Waals surface area contributed by atoms with Crippen LogP contribution in [0.3, 0.4) is 0 Å². The average molecular weight is 359 g/mol. The third kappa shape index (κ3) is 3.20. The van der Waals surface area contributed by atoms with E-state index in [0.717, 1.165) is 47.2 Å². The number of pyridine rings is 1. The predicted octanol–water partition coefficient (Wildman–Crippen LogP) is 3.44. The number of H-pyrrole nitrogens is 1. The lowest BCUT2D eigenvalue weighted by molar-refractivity contribution is 0.189. The molecule has 4 nitrogen and oxygen atoms in total. The molecular formula is C23H25N3O. The molecule has 0 amide bonds. The second-order valence-corrected chi connectivity index (χ2v) is 8.08. The van der Waals surface area contributed by atoms with Gasteiger partial charge in [0, 0.05) is 42.8 Å². The zero-order chi connectivity index (χ0) is 18.4. The minimum Gasteiger partial charge on any atom is -0.321 e. The fraction of sp³-hybridized carbons (Fsp3) is 0.348. The summed E-state index contributed by atoms with van der Waals surface area (Å²) in [6.07, 6.45) is 2.63. The molecular weight excluding hydrogens is 334 g/mol. The quantitative estimate of drug-likeness (QED) is 0.753. The number of fused-ring (bicyclic) bond motifs is 3. The molecule has 2 saturated heterocycles. The van der Waals surface area contributed by atoms with Gasteiger partial charge < -0.3 is 10.3 Å². The Balaban J connectivity index is 1.39. The minimum absolute atomic E-state index is 0.0217. The number of likely N-dealkylation sites (tertiary alicyclic amines) is 1. The lowest BCUT2D eigenvalue weighted by Gasteiger charge is -2.32. The number of aromatic amines is 1. The molecule has 0 aliphatic carbocycles. The number of nitrogens with zero attached hydrogens (tertiary/aromatic N) is 1. The van der Waals surface area contributed by atoms with Crippen molar-refractivity contribution in [3.63, 3.8) is 0 Å². The molecule has 2 fully saturated rings. The first-order valence-electron chi connectivity index (χ1n) is 9.86. The number of piperazine rings is 1. The average Bonchev–Trinajstić information content (AvgIpc) is 3.01. The predicted molar refractivity (Wildman–Crippen MR) is 110 cm³/mol. The van der Waals surface area contributed by atoms with E-state index in [0.29, 0.717) is 12.1 Å². The molecule has 2 aliphatic rings. The van der Waals surface area contributed by atoms with Gasteiger partial charge in [-0.1, -0.05) is 36.4 Å². The van der Waals surface area contributed by atoms with Gasteiger partial charge >= 0.3 is 0 Å². The van der Waals surface area contributed by atoms with E-state index in [1.807, 2.05) is 12.1 Å². The van der Waals surface area contributed by atoms with Crippen LogP contribution in [-0.4, -0.2) is 35.1 Å². The maximum Gasteiger partial charge on any atom is 0.256 e. The van der Waals surface area contributed by atoms with Crippen LogP contribution in [0, 0.1) is 6.92 Å². The smallest absolute Gasteiger partial charge is 0.256 e. The van der Waals surface area contributed by atoms with Crippen LogP contribution >= 0.6 is 0 Å². The van der Waals surface area contributed by atoms with Gasteiger partial charge in [-0.25, -0.2) is 0 Å². The Morgan fingerprint density at radius 3 is 2.48 bits per heavy atom. The molecule has 5 rings (SSSR count). The van der Waals surface area contributed by atoms with E-state index in [2.05, 4.69) is 58.5 Å². The Labute approximate surface area is 159 Å². The number of aryl methyl sites for hydroxylation is 1. The van der Waals surface area contributed by atoms with E-state index >= 15 is 0 Å². The Kier molecular flexibility index (Phi) is 4.10. The summed E-state index contributed by atoms with van der Waals surface area (Å²) < 4.78 is 0. The molecule has 2 atom stereocenters. The van der Waals surface area contributed by atoms with Gasteiger partial charge in [0.1, 0.15) is 0 Å². The Morgan fingerprint density at radius 2 is 1.74 bits per heavy atom. The first-order chi connectivity index (χ1) is 13.2. The molecule has 2 aliphatic heterocycles. The number of aromatic nitrogens is 1. The molecule has 138 valence electrons. The Hall–Kier alpha value is -2.43. The van der Waals surface area contributed by atoms with Crippen LogP contribution in [0.25, 0.3) is 22.0 Å². The second kappa shape index (κ2) is 6.63. The summed E-state index contributed by atoms with van der Waals surface area (Å²) in [7, 11) is 0. The molecule has 0 spiro atoms. The zero-order valence-corrected chi connectivity index (χ0v) is 15.7. The van der Waals surface area contributed by atoms with Gasteiger partial charge in [-0.05, 0) is 54.0 Å². The molecule has 2 unspecified atom stereocenters. The van der Waals surface area contributed by atoms with Crippen molar-refractivity contribution in [2.45, 2.75) is 38.4 Å². The molecule has 27 heavy (non-hydrogen) atoms. The van der Waals surface area contributed by atoms with Gasteiger partial charge in [-0.2, -0.15) is 0 Å². The van der Waals surface area contributed by atoms with Gasteiger partial charge in [-0.3, -0.25) is 9.69 Å². The molecule has 2 bridgehead atoms. The van der Waals surface area contributed by atoms with Crippen LogP contribution in [-0.2, 0) is 6.54 Å². The van der Waals surface area contributed by atoms with E-state index in [1.165, 1.54) is 18.4 Å². The van der Waals surface area contributed by atoms with E-state index in [-0.39, 0.29) is 5.56 Å². The first-order valence-corrected chi connectivity index (χ1v) is 9.86. The van der Waals surface area contributed by atoms with Crippen molar-refractivity contribution in [1.29, 1.82) is 0 Å². The van der Waals surface area contributed by atoms with Crippen molar-refractivity contribution < 1.29 is 0 Å². The molecule has 2 aromatic carbocycles. The number of benzene rings is 2. The van der Waals surface area contributed by atoms with Crippen LogP contribution in [0.4, 0.5) is 0 Å². The van der Waals surface area contributed by atoms with Gasteiger partial charge in [0.05, 0.1) is 0 Å². The highest BCUT2D eigenvalue weighted by molar-refractivity contribution is 5.87. The molecule has 0 radical (unpaired) electrons. The SMILES string of the molecule is Cc1cccc2c(=O)[nH]c(-c3ccc(CN4CC5CCC(C4)N5)cc3)cc12. The lowest BCUT2D eigenvalue weighted by atomic mass is 10.0. The summed E-state index contributed by atoms with van der Waals surface area (Å²) in [6, 6.07) is 18.0. The lowest BCUT2D eigenvalue weighted by Crippen LogP contribution is -2.50. The number of hydrogen-bond acceptors (Lipinski definition) is 3. The van der Waals surface area contributed by atoms with Crippen LogP contribution in [0.5, 0.6) is 0 Å². The number of hydrogen-bond donors (Lipinski definition) is 2. The van der Waals surface area contributed by atoms with Crippen LogP contribution in [0.1, 0.15) is 24.0 Å². The topological polar surface area (TPSA) is 48.1 Å². The van der Waals surface area contributed by atoms with Crippen molar-refractivity contribution in [1.82, 2.24) is 15.2 Å². The fourth-order valence-corrected chi connectivity index (χ4v) is 4.66. The summed E-state index contributed by atoms with van der Waals surface area (Å²) in [4.78, 5) is 18.1. The molecule has 4 heteroatoms. The third-order valence-electron chi connectivity index (χ3n) is 6.07. The van der Waals surface area contributed by atoms with Crippen LogP contribution in [0.2, 0.25) is 0 Å². The highest BCUT2D eigenvalue weighted by Crippen LogP contribution is 2.24. The Morgan fingerprint density at radius 1 is 1.00 bits per heavy atom. The first kappa shape index (κ1) is 16.7. The molecule has 1 aromatic heterocycles. The summed E-state index contributed by atoms with van der Waals surface area (Å²) in [5.41, 5.74) is 4.38. The third-order valence-corrected chi connectivity index (χ3v) is 6.07. The maximum absolute atomic E-state index is 12.5. The van der Waals surface area contributed by atoms with Gasteiger partial charge in [0.2, 0.25) is 0 Å². The standard InChI is InChI=1S/C23H25N3O/c1-15-3-2-4-20-21(15)11-22(25-23(20)27)17-7-5-16(6-8-17)12-26-13-18-9-10-19(14-26)24-18/h2-8,11,18-19,24H,9-10,12-14H2,1H3,(H,25,27). The van der Waals surface area contributed by atoms with Crippen LogP contribution < -0.4 is 10.9 Å². The van der Waals surface area contributed by atoms with Gasteiger partial charge in [0.25, 0.3) is 5.56 Å². The zero-order valence-electron chi connectivity index (χ0n) is 15.7. The number of nitrogens with one attached hydrogen (secondary N) is 2. The summed E-state index contributed by atoms with van der Waals surface area (Å²) in [5.74, 6) is 0. The molecule has 0 saturated carbocycles. The fourth-order valence-electron chi connectivity index (χ4n) is 4.66. The van der Waals surface area contributed by atoms with Crippen molar-refractivity contribution in [3.8, 4) is 11.3 Å². The van der Waals surface area contributed by atoms with Crippen molar-refractivity contribution in [2.75, 3.05) is 13.1 Å². The summed E-state index contributed by atoms with van der Waals surface area (Å²) in [6.45, 7) is 5.35. The molecule has 3 heterocycles. The number of rotatable bonds is 3. The van der Waals surface area contributed by atoms with Crippen molar-refractivity contribution >= 4 is 10.8 Å². The summed E-state index contributed by atoms with van der Waals surface area (Å²) >= 11 is 0. The van der Waals surface area contributed by atoms with Crippen molar-refractivity contribution in [2.24, 2.45) is 0 Å². The highest BCUT2D eigenvalue weighted by atomic mass is 16.1. The van der Waals surface area contributed by atoms with Gasteiger partial charge in [0.15, 0.2) is 0 Å². The normalized spacial score (nSPS) is 22.4. The van der Waals surface area contributed by atoms with Crippen LogP contribution in [0.15, 0.2) is 53.3 Å². The highest BCUT2D eigenvalue weighted by Gasteiger charge is 2.31. The summed E-state index contributed by atoms with van der Waals surface area (Å²) in [5, 5.41) is 5.46. The minimum atomic E-state index is -0.0217. The maximum atomic E-state index is 12.5. The largest absolute Gasteiger partial charge is 0.321 e. The molecule has 2 N–H and O–H groups in total. The van der Waals surface area contributed by atoms with E-state index < -0.39 is 0 Å². The Bertz CT molecular complexity index is 1030.